The maximum absolute atomic E-state index is 5.20. The molecule has 0 aliphatic heterocycles. The van der Waals surface area contributed by atoms with E-state index >= 15 is 0 Å². The summed E-state index contributed by atoms with van der Waals surface area (Å²) in [5.74, 6) is 1.98. The quantitative estimate of drug-likeness (QED) is 0.148. The number of furan rings is 2. The number of hydrogen-bond donors (Lipinski definition) is 0. The van der Waals surface area contributed by atoms with Gasteiger partial charge in [0.05, 0.1) is 36.9 Å². The zero-order valence-electron chi connectivity index (χ0n) is 42.6. The third kappa shape index (κ3) is 23.7. The fourth-order valence-corrected chi connectivity index (χ4v) is 6.27. The van der Waals surface area contributed by atoms with Crippen molar-refractivity contribution in [1.82, 2.24) is 15.5 Å². The summed E-state index contributed by atoms with van der Waals surface area (Å²) in [5.41, 5.74) is 6.27. The van der Waals surface area contributed by atoms with Crippen molar-refractivity contribution in [2.45, 2.75) is 183 Å². The number of nitrogens with zero attached hydrogens (tertiary/aromatic N) is 3. The summed E-state index contributed by atoms with van der Waals surface area (Å²) in [7, 11) is 0. The highest BCUT2D eigenvalue weighted by Crippen LogP contribution is 2.27. The third-order valence-electron chi connectivity index (χ3n) is 8.98. The van der Waals surface area contributed by atoms with Crippen molar-refractivity contribution in [1.29, 1.82) is 0 Å². The highest BCUT2D eigenvalue weighted by atomic mass is 32.1. The van der Waals surface area contributed by atoms with Crippen molar-refractivity contribution in [3.63, 3.8) is 0 Å². The van der Waals surface area contributed by atoms with Crippen LogP contribution in [-0.4, -0.2) is 15.5 Å². The van der Waals surface area contributed by atoms with Gasteiger partial charge in [0.25, 0.3) is 0 Å². The largest absolute Gasteiger partial charge is 0.472 e. The lowest BCUT2D eigenvalue weighted by Gasteiger charge is -2.15. The molecular formula is C53H81N3O5S2. The highest BCUT2D eigenvalue weighted by molar-refractivity contribution is 7.10. The van der Waals surface area contributed by atoms with Gasteiger partial charge >= 0.3 is 0 Å². The fourth-order valence-electron chi connectivity index (χ4n) is 4.57. The topological polar surface area (TPSA) is 104 Å². The van der Waals surface area contributed by atoms with Gasteiger partial charge in [0, 0.05) is 38.8 Å². The molecule has 0 saturated heterocycles. The van der Waals surface area contributed by atoms with Crippen LogP contribution in [0.1, 0.15) is 184 Å². The van der Waals surface area contributed by atoms with Crippen molar-refractivity contribution in [3.05, 3.63) is 147 Å². The van der Waals surface area contributed by atoms with Crippen molar-refractivity contribution in [2.75, 3.05) is 0 Å². The van der Waals surface area contributed by atoms with Gasteiger partial charge in [0.15, 0.2) is 0 Å². The van der Waals surface area contributed by atoms with E-state index in [0.29, 0.717) is 10.8 Å². The molecule has 10 heteroatoms. The van der Waals surface area contributed by atoms with Crippen LogP contribution < -0.4 is 0 Å². The maximum atomic E-state index is 5.20. The number of rotatable bonds is 0. The number of thiophene rings is 2. The second-order valence-corrected chi connectivity index (χ2v) is 24.1. The summed E-state index contributed by atoms with van der Waals surface area (Å²) >= 11 is 3.60. The maximum Gasteiger partial charge on any atom is 0.142 e. The molecule has 0 unspecified atom stereocenters. The van der Waals surface area contributed by atoms with Crippen LogP contribution in [0, 0.1) is 0 Å². The van der Waals surface area contributed by atoms with Crippen molar-refractivity contribution >= 4 is 22.7 Å². The second-order valence-electron chi connectivity index (χ2n) is 22.4. The zero-order chi connectivity index (χ0) is 48.3. The lowest BCUT2D eigenvalue weighted by Crippen LogP contribution is -2.10. The van der Waals surface area contributed by atoms with E-state index in [1.54, 1.807) is 55.0 Å². The highest BCUT2D eigenvalue weighted by Gasteiger charge is 2.19. The monoisotopic (exact) mass is 904 g/mol. The van der Waals surface area contributed by atoms with Crippen LogP contribution in [0.25, 0.3) is 0 Å². The third-order valence-corrected chi connectivity index (χ3v) is 11.0. The molecule has 0 aliphatic rings. The van der Waals surface area contributed by atoms with Crippen LogP contribution in [-0.2, 0) is 37.9 Å². The SMILES string of the molecule is CC(C)(C)c1ccco1.CC(C)(C)c1cccs1.CC(C)(C)c1ccno1.CC(C)(C)c1ccoc1.CC(C)(C)c1ccon1.CC(C)(C)c1ccsc1.CC(C)(C)c1cnoc1. The van der Waals surface area contributed by atoms with Crippen molar-refractivity contribution < 1.29 is 22.4 Å². The van der Waals surface area contributed by atoms with E-state index in [2.05, 4.69) is 195 Å². The molecule has 0 saturated carbocycles. The average Bonchev–Trinajstić information content (AvgIpc) is 4.02. The fraction of sp³-hybridized carbons (Fsp3) is 0.528. The van der Waals surface area contributed by atoms with Gasteiger partial charge in [-0.3, -0.25) is 0 Å². The summed E-state index contributed by atoms with van der Waals surface area (Å²) < 4.78 is 24.5. The Labute approximate surface area is 389 Å². The van der Waals surface area contributed by atoms with Gasteiger partial charge in [-0.25, -0.2) is 0 Å². The Morgan fingerprint density at radius 1 is 0.460 bits per heavy atom. The van der Waals surface area contributed by atoms with Crippen LogP contribution >= 0.6 is 22.7 Å². The Kier molecular flexibility index (Phi) is 22.1. The molecule has 7 rings (SSSR count). The van der Waals surface area contributed by atoms with E-state index in [4.69, 9.17) is 22.4 Å². The summed E-state index contributed by atoms with van der Waals surface area (Å²) in [6.07, 6.45) is 11.9. The molecule has 0 N–H and O–H groups in total. The Morgan fingerprint density at radius 2 is 1.08 bits per heavy atom. The van der Waals surface area contributed by atoms with E-state index in [0.717, 1.165) is 22.8 Å². The van der Waals surface area contributed by atoms with Crippen LogP contribution in [0.15, 0.2) is 131 Å². The van der Waals surface area contributed by atoms with Gasteiger partial charge in [0.1, 0.15) is 24.0 Å². The van der Waals surface area contributed by atoms with E-state index < -0.39 is 0 Å². The molecular weight excluding hydrogens is 823 g/mol. The first-order valence-corrected chi connectivity index (χ1v) is 23.4. The smallest absolute Gasteiger partial charge is 0.142 e. The normalized spacial score (nSPS) is 11.9. The second kappa shape index (κ2) is 24.6. The van der Waals surface area contributed by atoms with Crippen LogP contribution in [0.3, 0.4) is 0 Å². The molecule has 0 spiro atoms. The van der Waals surface area contributed by atoms with Gasteiger partial charge < -0.3 is 22.4 Å². The van der Waals surface area contributed by atoms with Gasteiger partial charge in [-0.15, -0.1) is 11.3 Å². The van der Waals surface area contributed by atoms with Gasteiger partial charge in [-0.2, -0.15) is 11.3 Å². The molecule has 63 heavy (non-hydrogen) atoms. The van der Waals surface area contributed by atoms with Crippen LogP contribution in [0.5, 0.6) is 0 Å². The summed E-state index contributed by atoms with van der Waals surface area (Å²) in [5, 5.41) is 17.5. The Balaban J connectivity index is 0.000000367. The molecule has 8 nitrogen and oxygen atoms in total. The first kappa shape index (κ1) is 56.6. The van der Waals surface area contributed by atoms with E-state index in [9.17, 15) is 0 Å². The predicted molar refractivity (Wildman–Crippen MR) is 266 cm³/mol. The molecule has 350 valence electrons. The molecule has 0 atom stereocenters. The number of aromatic nitrogens is 3. The van der Waals surface area contributed by atoms with Crippen molar-refractivity contribution in [3.8, 4) is 0 Å². The van der Waals surface area contributed by atoms with Crippen LogP contribution in [0.2, 0.25) is 0 Å². The summed E-state index contributed by atoms with van der Waals surface area (Å²) in [6, 6.07) is 16.2. The first-order chi connectivity index (χ1) is 28.7. The molecule has 7 aromatic rings. The molecule has 0 fully saturated rings. The van der Waals surface area contributed by atoms with E-state index in [-0.39, 0.29) is 27.1 Å². The van der Waals surface area contributed by atoms with Crippen LogP contribution in [0.4, 0.5) is 0 Å². The van der Waals surface area contributed by atoms with E-state index in [1.165, 1.54) is 16.0 Å². The molecule has 0 aliphatic carbocycles. The van der Waals surface area contributed by atoms with Gasteiger partial charge in [0.2, 0.25) is 0 Å². The molecule has 7 aromatic heterocycles. The minimum Gasteiger partial charge on any atom is -0.472 e. The molecule has 7 heterocycles. The lowest BCUT2D eigenvalue weighted by molar-refractivity contribution is 0.329. The molecule has 0 radical (unpaired) electrons. The summed E-state index contributed by atoms with van der Waals surface area (Å²) in [4.78, 5) is 1.46. The number of hydrogen-bond acceptors (Lipinski definition) is 10. The first-order valence-electron chi connectivity index (χ1n) is 21.6. The Morgan fingerprint density at radius 3 is 1.30 bits per heavy atom. The van der Waals surface area contributed by atoms with Crippen molar-refractivity contribution in [2.24, 2.45) is 0 Å². The van der Waals surface area contributed by atoms with Gasteiger partial charge in [-0.1, -0.05) is 167 Å². The zero-order valence-corrected chi connectivity index (χ0v) is 44.2. The minimum absolute atomic E-state index is 0.0938. The molecule has 0 amide bonds. The summed E-state index contributed by atoms with van der Waals surface area (Å²) in [6.45, 7) is 45.2. The lowest BCUT2D eigenvalue weighted by atomic mass is 9.89. The average molecular weight is 904 g/mol. The molecule has 0 aromatic carbocycles. The standard InChI is InChI=1S/2C8H12O.2C8H12S.3C7H11NO/c1-8(2,3)7-4-5-9-6-7;1-8(2,3)7-5-4-6-9-7;1-8(2,3)7-4-5-9-6-7;1-8(2,3)7-5-4-6-9-7;1-7(2,3)6-4-8-9-5-6;1-7(2,3)6-4-5-9-8-6;1-7(2,3)6-4-5-8-9-6/h4*4-6H,1-3H3;3*4-5H,1-3H3. The minimum atomic E-state index is 0.0938. The Bertz CT molecular complexity index is 1630. The molecule has 0 bridgehead atoms. The Hall–Kier alpha value is -4.41. The van der Waals surface area contributed by atoms with E-state index in [1.807, 2.05) is 41.7 Å². The predicted octanol–water partition coefficient (Wildman–Crippen LogP) is 17.2. The van der Waals surface area contributed by atoms with Gasteiger partial charge in [-0.05, 0) is 79.3 Å².